The van der Waals surface area contributed by atoms with E-state index in [1.807, 2.05) is 11.3 Å². The summed E-state index contributed by atoms with van der Waals surface area (Å²) in [6.07, 6.45) is 0. The maximum Gasteiger partial charge on any atom is 0.0541 e. The van der Waals surface area contributed by atoms with Crippen molar-refractivity contribution in [3.63, 3.8) is 0 Å². The Labute approximate surface area is 299 Å². The Morgan fingerprint density at radius 1 is 0.412 bits per heavy atom. The van der Waals surface area contributed by atoms with E-state index in [2.05, 4.69) is 170 Å². The molecular weight excluding hydrogens is 635 g/mol. The molecule has 0 amide bonds. The Morgan fingerprint density at radius 3 is 1.96 bits per heavy atom. The molecule has 12 rings (SSSR count). The zero-order valence-corrected chi connectivity index (χ0v) is 29.1. The summed E-state index contributed by atoms with van der Waals surface area (Å²) in [5.74, 6) is 0. The maximum atomic E-state index is 2.46. The Morgan fingerprint density at radius 2 is 1.08 bits per heavy atom. The van der Waals surface area contributed by atoms with E-state index in [-0.39, 0.29) is 5.41 Å². The van der Waals surface area contributed by atoms with Crippen molar-refractivity contribution >= 4 is 64.1 Å². The molecule has 2 heterocycles. The number of rotatable bonds is 2. The van der Waals surface area contributed by atoms with Crippen LogP contribution in [0.2, 0.25) is 0 Å². The second-order valence-corrected chi connectivity index (χ2v) is 16.0. The van der Waals surface area contributed by atoms with Crippen LogP contribution in [0.4, 0.5) is 0 Å². The highest BCUT2D eigenvalue weighted by atomic mass is 32.1. The van der Waals surface area contributed by atoms with Crippen LogP contribution in [0.1, 0.15) is 25.0 Å². The van der Waals surface area contributed by atoms with Gasteiger partial charge in [0, 0.05) is 42.0 Å². The molecule has 0 spiro atoms. The van der Waals surface area contributed by atoms with Crippen LogP contribution in [-0.2, 0) is 5.41 Å². The molecule has 8 aromatic carbocycles. The van der Waals surface area contributed by atoms with Crippen LogP contribution in [0.25, 0.3) is 103 Å². The fraction of sp³-hybridized carbons (Fsp3) is 0.0612. The van der Waals surface area contributed by atoms with E-state index in [0.29, 0.717) is 0 Å². The Kier molecular flexibility index (Phi) is 5.25. The number of aromatic nitrogens is 1. The van der Waals surface area contributed by atoms with Crippen LogP contribution in [-0.4, -0.2) is 4.57 Å². The first-order valence-corrected chi connectivity index (χ1v) is 18.7. The first-order chi connectivity index (χ1) is 25.0. The fourth-order valence-electron chi connectivity index (χ4n) is 9.58. The van der Waals surface area contributed by atoms with Gasteiger partial charge in [-0.3, -0.25) is 0 Å². The number of hydrogen-bond donors (Lipinski definition) is 0. The first-order valence-electron chi connectivity index (χ1n) is 17.8. The number of thiophene rings is 1. The van der Waals surface area contributed by atoms with Gasteiger partial charge in [0.15, 0.2) is 0 Å². The summed E-state index contributed by atoms with van der Waals surface area (Å²) in [6.45, 7) is 4.72. The number of hydrogen-bond acceptors (Lipinski definition) is 1. The molecule has 0 saturated carbocycles. The number of nitrogens with zero attached hydrogens (tertiary/aromatic N) is 1. The summed E-state index contributed by atoms with van der Waals surface area (Å²) < 4.78 is 5.16. The molecule has 238 valence electrons. The third-order valence-electron chi connectivity index (χ3n) is 11.9. The van der Waals surface area contributed by atoms with Crippen molar-refractivity contribution in [1.82, 2.24) is 4.57 Å². The Bertz CT molecular complexity index is 3170. The molecule has 2 heteroatoms. The predicted octanol–water partition coefficient (Wildman–Crippen LogP) is 13.9. The molecule has 0 radical (unpaired) electrons. The quantitative estimate of drug-likeness (QED) is 0.173. The van der Waals surface area contributed by atoms with Crippen LogP contribution in [0.3, 0.4) is 0 Å². The monoisotopic (exact) mass is 665 g/mol. The van der Waals surface area contributed by atoms with Gasteiger partial charge in [-0.1, -0.05) is 117 Å². The van der Waals surface area contributed by atoms with Crippen LogP contribution >= 0.6 is 11.3 Å². The standard InChI is InChI=1S/C49H31NS/c1-49(2)41-16-7-5-12-33(41)34-21-20-30(26-42(34)49)50-43-17-8-6-13-35(43)38-24-28(18-22-44(38)50)29-19-23-45-40(25-29)48-37-15-9-14-36-31-10-3-4-11-32(31)39(47(36)37)27-46(48)51-45/h3-27H,1-2H3. The van der Waals surface area contributed by atoms with E-state index in [1.54, 1.807) is 0 Å². The lowest BCUT2D eigenvalue weighted by Crippen LogP contribution is -2.15. The van der Waals surface area contributed by atoms with Crippen molar-refractivity contribution in [2.45, 2.75) is 19.3 Å². The Hall–Kier alpha value is -5.96. The highest BCUT2D eigenvalue weighted by molar-refractivity contribution is 7.26. The lowest BCUT2D eigenvalue weighted by atomic mass is 9.82. The van der Waals surface area contributed by atoms with Gasteiger partial charge >= 0.3 is 0 Å². The van der Waals surface area contributed by atoms with Crippen molar-refractivity contribution in [3.05, 3.63) is 163 Å². The van der Waals surface area contributed by atoms with Gasteiger partial charge in [0.2, 0.25) is 0 Å². The minimum absolute atomic E-state index is 0.0471. The largest absolute Gasteiger partial charge is 0.309 e. The second-order valence-electron chi connectivity index (χ2n) is 14.9. The van der Waals surface area contributed by atoms with Crippen LogP contribution in [0.15, 0.2) is 152 Å². The molecule has 2 aromatic heterocycles. The molecule has 0 unspecified atom stereocenters. The second kappa shape index (κ2) is 9.63. The van der Waals surface area contributed by atoms with E-state index in [9.17, 15) is 0 Å². The zero-order chi connectivity index (χ0) is 33.6. The van der Waals surface area contributed by atoms with Gasteiger partial charge in [-0.05, 0) is 115 Å². The summed E-state index contributed by atoms with van der Waals surface area (Å²) in [6, 6.07) is 57.2. The van der Waals surface area contributed by atoms with Gasteiger partial charge in [-0.15, -0.1) is 11.3 Å². The third kappa shape index (κ3) is 3.55. The van der Waals surface area contributed by atoms with Crippen molar-refractivity contribution in [2.24, 2.45) is 0 Å². The molecular formula is C49H31NS. The topological polar surface area (TPSA) is 4.93 Å². The summed E-state index contributed by atoms with van der Waals surface area (Å²) in [5, 5.41) is 8.04. The third-order valence-corrected chi connectivity index (χ3v) is 13.1. The molecule has 0 atom stereocenters. The SMILES string of the molecule is CC1(C)c2ccccc2-c2ccc(-n3c4ccccc4c4cc(-c5ccc6sc7cc8c9c(cccc9c7c6c5)-c5ccccc5-8)ccc43)cc21. The molecule has 0 aliphatic heterocycles. The van der Waals surface area contributed by atoms with E-state index in [4.69, 9.17) is 0 Å². The highest BCUT2D eigenvalue weighted by Crippen LogP contribution is 2.53. The van der Waals surface area contributed by atoms with Crippen molar-refractivity contribution in [1.29, 1.82) is 0 Å². The molecule has 0 N–H and O–H groups in total. The van der Waals surface area contributed by atoms with E-state index in [1.165, 1.54) is 114 Å². The van der Waals surface area contributed by atoms with Crippen molar-refractivity contribution in [2.75, 3.05) is 0 Å². The van der Waals surface area contributed by atoms with Crippen LogP contribution in [0.5, 0.6) is 0 Å². The fourth-order valence-corrected chi connectivity index (χ4v) is 10.7. The molecule has 0 bridgehead atoms. The van der Waals surface area contributed by atoms with E-state index < -0.39 is 0 Å². The van der Waals surface area contributed by atoms with Gasteiger partial charge in [-0.25, -0.2) is 0 Å². The molecule has 2 aliphatic carbocycles. The lowest BCUT2D eigenvalue weighted by molar-refractivity contribution is 0.660. The first kappa shape index (κ1) is 27.8. The summed E-state index contributed by atoms with van der Waals surface area (Å²) >= 11 is 1.91. The van der Waals surface area contributed by atoms with Gasteiger partial charge in [0.25, 0.3) is 0 Å². The molecule has 0 fully saturated rings. The minimum Gasteiger partial charge on any atom is -0.309 e. The smallest absolute Gasteiger partial charge is 0.0541 e. The van der Waals surface area contributed by atoms with Crippen LogP contribution in [0, 0.1) is 0 Å². The highest BCUT2D eigenvalue weighted by Gasteiger charge is 2.35. The molecule has 10 aromatic rings. The van der Waals surface area contributed by atoms with Gasteiger partial charge in [-0.2, -0.15) is 0 Å². The molecule has 1 nitrogen and oxygen atoms in total. The van der Waals surface area contributed by atoms with Crippen LogP contribution < -0.4 is 0 Å². The lowest BCUT2D eigenvalue weighted by Gasteiger charge is -2.22. The summed E-state index contributed by atoms with van der Waals surface area (Å²) in [4.78, 5) is 0. The predicted molar refractivity (Wildman–Crippen MR) is 219 cm³/mol. The number of benzene rings is 8. The summed E-state index contributed by atoms with van der Waals surface area (Å²) in [5.41, 5.74) is 17.1. The van der Waals surface area contributed by atoms with Crippen molar-refractivity contribution in [3.8, 4) is 50.2 Å². The summed E-state index contributed by atoms with van der Waals surface area (Å²) in [7, 11) is 0. The average Bonchev–Trinajstić information content (AvgIpc) is 3.88. The number of para-hydroxylation sites is 1. The van der Waals surface area contributed by atoms with Gasteiger partial charge in [0.1, 0.15) is 0 Å². The van der Waals surface area contributed by atoms with E-state index in [0.717, 1.165) is 0 Å². The van der Waals surface area contributed by atoms with E-state index >= 15 is 0 Å². The number of fused-ring (bicyclic) bond motifs is 13. The molecule has 2 aliphatic rings. The average molecular weight is 666 g/mol. The zero-order valence-electron chi connectivity index (χ0n) is 28.3. The Balaban J connectivity index is 1.04. The van der Waals surface area contributed by atoms with Gasteiger partial charge < -0.3 is 4.57 Å². The maximum absolute atomic E-state index is 2.46. The normalized spacial score (nSPS) is 13.8. The molecule has 0 saturated heterocycles. The van der Waals surface area contributed by atoms with Gasteiger partial charge in [0.05, 0.1) is 11.0 Å². The molecule has 51 heavy (non-hydrogen) atoms. The minimum atomic E-state index is -0.0471. The van der Waals surface area contributed by atoms with Crippen molar-refractivity contribution < 1.29 is 0 Å².